The van der Waals surface area contributed by atoms with Gasteiger partial charge in [0.25, 0.3) is 11.8 Å². The molecule has 1 aromatic heterocycles. The Hall–Kier alpha value is -3.52. The number of pyridine rings is 1. The van der Waals surface area contributed by atoms with Gasteiger partial charge in [-0.25, -0.2) is 4.79 Å². The van der Waals surface area contributed by atoms with Crippen LogP contribution in [0.1, 0.15) is 28.5 Å². The third kappa shape index (κ3) is 4.06. The highest BCUT2D eigenvalue weighted by Gasteiger charge is 2.43. The molecule has 3 N–H and O–H groups in total. The van der Waals surface area contributed by atoms with E-state index in [4.69, 9.17) is 0 Å². The number of carbonyl (C=O) groups excluding carboxylic acids is 3. The molecule has 1 saturated heterocycles. The van der Waals surface area contributed by atoms with E-state index in [9.17, 15) is 14.4 Å². The second-order valence-electron chi connectivity index (χ2n) is 7.41. The highest BCUT2D eigenvalue weighted by molar-refractivity contribution is 9.10. The van der Waals surface area contributed by atoms with Gasteiger partial charge in [0, 0.05) is 15.7 Å². The van der Waals surface area contributed by atoms with Crippen molar-refractivity contribution in [2.24, 2.45) is 0 Å². The third-order valence-corrected chi connectivity index (χ3v) is 5.69. The molecule has 8 heteroatoms. The molecule has 0 spiro atoms. The van der Waals surface area contributed by atoms with Crippen molar-refractivity contribution in [1.82, 2.24) is 15.6 Å². The predicted molar refractivity (Wildman–Crippen MR) is 121 cm³/mol. The summed E-state index contributed by atoms with van der Waals surface area (Å²) in [5.74, 6) is -0.753. The number of hydrogen-bond acceptors (Lipinski definition) is 4. The van der Waals surface area contributed by atoms with Crippen LogP contribution in [0, 0.1) is 6.92 Å². The number of halogens is 1. The summed E-state index contributed by atoms with van der Waals surface area (Å²) in [7, 11) is 0. The SMILES string of the molecule is Cc1nc(-c2cccc(Br)c2)ccc1C(=O)Nc1cccc(C2(C)NC(=O)NC2=O)c1. The molecule has 1 aliphatic heterocycles. The van der Waals surface area contributed by atoms with Crippen molar-refractivity contribution >= 4 is 39.5 Å². The first-order chi connectivity index (χ1) is 14.8. The van der Waals surface area contributed by atoms with E-state index in [0.29, 0.717) is 22.5 Å². The van der Waals surface area contributed by atoms with Gasteiger partial charge in [0.15, 0.2) is 0 Å². The van der Waals surface area contributed by atoms with Crippen LogP contribution >= 0.6 is 15.9 Å². The van der Waals surface area contributed by atoms with Gasteiger partial charge in [-0.1, -0.05) is 40.2 Å². The molecule has 156 valence electrons. The summed E-state index contributed by atoms with van der Waals surface area (Å²) >= 11 is 3.45. The molecule has 1 aliphatic rings. The number of hydrogen-bond donors (Lipinski definition) is 3. The molecule has 4 rings (SSSR count). The first kappa shape index (κ1) is 20.7. The van der Waals surface area contributed by atoms with E-state index in [1.54, 1.807) is 50.2 Å². The standard InChI is InChI=1S/C23H19BrN4O3/c1-13-18(9-10-19(25-13)14-5-3-7-16(24)11-14)20(29)26-17-8-4-6-15(12-17)23(2)21(30)27-22(31)28-23/h3-12H,1-2H3,(H,26,29)(H2,27,28,30,31). The normalized spacial score (nSPS) is 17.8. The summed E-state index contributed by atoms with van der Waals surface area (Å²) in [6.45, 7) is 3.40. The number of aryl methyl sites for hydroxylation is 1. The van der Waals surface area contributed by atoms with Crippen molar-refractivity contribution in [3.05, 3.63) is 82.0 Å². The number of urea groups is 1. The zero-order chi connectivity index (χ0) is 22.2. The summed E-state index contributed by atoms with van der Waals surface area (Å²) in [6, 6.07) is 17.6. The Labute approximate surface area is 187 Å². The van der Waals surface area contributed by atoms with Gasteiger partial charge >= 0.3 is 6.03 Å². The molecule has 0 saturated carbocycles. The lowest BCUT2D eigenvalue weighted by Gasteiger charge is -2.21. The average Bonchev–Trinajstić information content (AvgIpc) is 3.00. The molecule has 1 atom stereocenters. The number of aromatic nitrogens is 1. The molecule has 3 aromatic rings. The van der Waals surface area contributed by atoms with Gasteiger partial charge in [0.2, 0.25) is 0 Å². The number of imide groups is 1. The van der Waals surface area contributed by atoms with Crippen molar-refractivity contribution in [2.75, 3.05) is 5.32 Å². The lowest BCUT2D eigenvalue weighted by molar-refractivity contribution is -0.123. The molecule has 31 heavy (non-hydrogen) atoms. The lowest BCUT2D eigenvalue weighted by atomic mass is 9.92. The second-order valence-corrected chi connectivity index (χ2v) is 8.32. The first-order valence-electron chi connectivity index (χ1n) is 9.55. The summed E-state index contributed by atoms with van der Waals surface area (Å²) in [6.07, 6.45) is 0. The van der Waals surface area contributed by atoms with Crippen LogP contribution < -0.4 is 16.0 Å². The van der Waals surface area contributed by atoms with Crippen LogP contribution in [0.5, 0.6) is 0 Å². The van der Waals surface area contributed by atoms with Crippen molar-refractivity contribution < 1.29 is 14.4 Å². The molecule has 0 radical (unpaired) electrons. The van der Waals surface area contributed by atoms with E-state index in [0.717, 1.165) is 15.7 Å². The van der Waals surface area contributed by atoms with Crippen molar-refractivity contribution in [2.45, 2.75) is 19.4 Å². The fourth-order valence-corrected chi connectivity index (χ4v) is 3.86. The molecule has 1 unspecified atom stereocenters. The van der Waals surface area contributed by atoms with Crippen LogP contribution in [0.15, 0.2) is 65.1 Å². The monoisotopic (exact) mass is 478 g/mol. The molecule has 7 nitrogen and oxygen atoms in total. The summed E-state index contributed by atoms with van der Waals surface area (Å²) in [4.78, 5) is 41.2. The quantitative estimate of drug-likeness (QED) is 0.490. The third-order valence-electron chi connectivity index (χ3n) is 5.19. The fourth-order valence-electron chi connectivity index (χ4n) is 3.46. The molecule has 2 aromatic carbocycles. The Balaban J connectivity index is 1.56. The summed E-state index contributed by atoms with van der Waals surface area (Å²) < 4.78 is 0.951. The van der Waals surface area contributed by atoms with E-state index >= 15 is 0 Å². The van der Waals surface area contributed by atoms with Crippen LogP contribution in [-0.4, -0.2) is 22.8 Å². The maximum absolute atomic E-state index is 12.9. The Morgan fingerprint density at radius 2 is 1.84 bits per heavy atom. The van der Waals surface area contributed by atoms with Crippen LogP contribution in [0.25, 0.3) is 11.3 Å². The number of anilines is 1. The molecular formula is C23H19BrN4O3. The van der Waals surface area contributed by atoms with E-state index < -0.39 is 17.5 Å². The Morgan fingerprint density at radius 1 is 1.06 bits per heavy atom. The van der Waals surface area contributed by atoms with E-state index in [1.165, 1.54) is 0 Å². The number of nitrogens with zero attached hydrogens (tertiary/aromatic N) is 1. The van der Waals surface area contributed by atoms with Crippen LogP contribution in [0.4, 0.5) is 10.5 Å². The Kier molecular flexibility index (Phi) is 5.32. The number of amides is 4. The van der Waals surface area contributed by atoms with Gasteiger partial charge in [-0.05, 0) is 55.8 Å². The van der Waals surface area contributed by atoms with Crippen molar-refractivity contribution in [3.63, 3.8) is 0 Å². The summed E-state index contributed by atoms with van der Waals surface area (Å²) in [5.41, 5.74) is 2.64. The molecule has 1 fully saturated rings. The second kappa shape index (κ2) is 7.96. The fraction of sp³-hybridized carbons (Fsp3) is 0.130. The smallest absolute Gasteiger partial charge is 0.322 e. The van der Waals surface area contributed by atoms with E-state index in [-0.39, 0.29) is 5.91 Å². The van der Waals surface area contributed by atoms with Gasteiger partial charge < -0.3 is 10.6 Å². The zero-order valence-corrected chi connectivity index (χ0v) is 18.4. The van der Waals surface area contributed by atoms with Crippen molar-refractivity contribution in [3.8, 4) is 11.3 Å². The highest BCUT2D eigenvalue weighted by atomic mass is 79.9. The van der Waals surface area contributed by atoms with Gasteiger partial charge in [0.05, 0.1) is 17.0 Å². The Morgan fingerprint density at radius 3 is 2.52 bits per heavy atom. The number of benzene rings is 2. The largest absolute Gasteiger partial charge is 0.322 e. The molecular weight excluding hydrogens is 460 g/mol. The minimum Gasteiger partial charge on any atom is -0.322 e. The molecule has 0 aliphatic carbocycles. The lowest BCUT2D eigenvalue weighted by Crippen LogP contribution is -2.40. The van der Waals surface area contributed by atoms with Crippen molar-refractivity contribution in [1.29, 1.82) is 0 Å². The molecule has 4 amide bonds. The topological polar surface area (TPSA) is 100 Å². The molecule has 2 heterocycles. The van der Waals surface area contributed by atoms with Gasteiger partial charge in [-0.3, -0.25) is 19.9 Å². The number of nitrogens with one attached hydrogen (secondary N) is 3. The van der Waals surface area contributed by atoms with E-state index in [2.05, 4.69) is 36.9 Å². The number of rotatable bonds is 4. The zero-order valence-electron chi connectivity index (χ0n) is 16.8. The predicted octanol–water partition coefficient (Wildman–Crippen LogP) is 4.13. The maximum Gasteiger partial charge on any atom is 0.322 e. The number of carbonyl (C=O) groups is 3. The van der Waals surface area contributed by atoms with Gasteiger partial charge in [-0.15, -0.1) is 0 Å². The highest BCUT2D eigenvalue weighted by Crippen LogP contribution is 2.27. The maximum atomic E-state index is 12.9. The first-order valence-corrected chi connectivity index (χ1v) is 10.3. The minimum absolute atomic E-state index is 0.312. The average molecular weight is 479 g/mol. The molecule has 0 bridgehead atoms. The summed E-state index contributed by atoms with van der Waals surface area (Å²) in [5, 5.41) is 7.70. The van der Waals surface area contributed by atoms with Gasteiger partial charge in [0.1, 0.15) is 5.54 Å². The van der Waals surface area contributed by atoms with E-state index in [1.807, 2.05) is 24.3 Å². The minimum atomic E-state index is -1.19. The van der Waals surface area contributed by atoms with Crippen LogP contribution in [0.2, 0.25) is 0 Å². The Bertz CT molecular complexity index is 1230. The van der Waals surface area contributed by atoms with Gasteiger partial charge in [-0.2, -0.15) is 0 Å². The van der Waals surface area contributed by atoms with Crippen LogP contribution in [-0.2, 0) is 10.3 Å². The van der Waals surface area contributed by atoms with Crippen LogP contribution in [0.3, 0.4) is 0 Å².